The molecule has 2 aromatic heterocycles. The van der Waals surface area contributed by atoms with Crippen molar-refractivity contribution in [2.75, 3.05) is 33.9 Å². The Balaban J connectivity index is 1.65. The summed E-state index contributed by atoms with van der Waals surface area (Å²) in [6.45, 7) is 5.59. The van der Waals surface area contributed by atoms with Crippen molar-refractivity contribution in [3.05, 3.63) is 72.2 Å². The number of aliphatic hydroxyl groups is 1. The molecule has 0 radical (unpaired) electrons. The summed E-state index contributed by atoms with van der Waals surface area (Å²) in [6, 6.07) is 15.0. The predicted molar refractivity (Wildman–Crippen MR) is 138 cm³/mol. The average molecular weight is 491 g/mol. The van der Waals surface area contributed by atoms with Crippen LogP contribution in [0.5, 0.6) is 11.6 Å². The largest absolute Gasteiger partial charge is 0.497 e. The minimum Gasteiger partial charge on any atom is -0.497 e. The number of rotatable bonds is 8. The van der Waals surface area contributed by atoms with Crippen LogP contribution in [0.1, 0.15) is 29.9 Å². The molecule has 1 aromatic carbocycles. The fourth-order valence-corrected chi connectivity index (χ4v) is 4.40. The van der Waals surface area contributed by atoms with Crippen LogP contribution in [0.2, 0.25) is 0 Å². The van der Waals surface area contributed by atoms with Gasteiger partial charge in [0.1, 0.15) is 17.4 Å². The van der Waals surface area contributed by atoms with Gasteiger partial charge < -0.3 is 19.5 Å². The maximum Gasteiger partial charge on any atom is 0.259 e. The first-order chi connectivity index (χ1) is 17.4. The Labute approximate surface area is 212 Å². The molecule has 190 valence electrons. The van der Waals surface area contributed by atoms with E-state index in [2.05, 4.69) is 21.8 Å². The molecule has 36 heavy (non-hydrogen) atoms. The van der Waals surface area contributed by atoms with E-state index in [1.807, 2.05) is 62.5 Å². The van der Waals surface area contributed by atoms with Crippen LogP contribution in [-0.2, 0) is 6.54 Å². The summed E-state index contributed by atoms with van der Waals surface area (Å²) in [6.07, 6.45) is 3.31. The Kier molecular flexibility index (Phi) is 8.18. The van der Waals surface area contributed by atoms with Crippen molar-refractivity contribution in [2.24, 2.45) is 5.92 Å². The summed E-state index contributed by atoms with van der Waals surface area (Å²) in [7, 11) is 3.66. The molecule has 0 saturated carbocycles. The highest BCUT2D eigenvalue weighted by molar-refractivity contribution is 5.98. The first-order valence-electron chi connectivity index (χ1n) is 12.2. The molecule has 0 unspecified atom stereocenters. The van der Waals surface area contributed by atoms with Crippen LogP contribution < -0.4 is 9.47 Å². The summed E-state index contributed by atoms with van der Waals surface area (Å²) in [5.41, 5.74) is 3.10. The molecule has 4 rings (SSSR count). The van der Waals surface area contributed by atoms with Gasteiger partial charge in [-0.2, -0.15) is 0 Å². The second kappa shape index (κ2) is 11.5. The van der Waals surface area contributed by atoms with Gasteiger partial charge in [0.15, 0.2) is 0 Å². The van der Waals surface area contributed by atoms with Crippen molar-refractivity contribution < 1.29 is 19.4 Å². The lowest BCUT2D eigenvalue weighted by Crippen LogP contribution is -2.49. The molecule has 0 saturated heterocycles. The summed E-state index contributed by atoms with van der Waals surface area (Å²) in [5, 5.41) is 9.89. The zero-order valence-corrected chi connectivity index (χ0v) is 21.3. The van der Waals surface area contributed by atoms with Gasteiger partial charge >= 0.3 is 0 Å². The Morgan fingerprint density at radius 3 is 2.64 bits per heavy atom. The number of aromatic nitrogens is 2. The smallest absolute Gasteiger partial charge is 0.259 e. The van der Waals surface area contributed by atoms with Gasteiger partial charge in [0.25, 0.3) is 5.91 Å². The lowest BCUT2D eigenvalue weighted by Gasteiger charge is -2.37. The number of carbonyl (C=O) groups excluding carboxylic acids is 1. The fourth-order valence-electron chi connectivity index (χ4n) is 4.40. The Hall–Kier alpha value is -3.49. The molecule has 3 atom stereocenters. The van der Waals surface area contributed by atoms with Crippen molar-refractivity contribution >= 4 is 5.91 Å². The number of methoxy groups -OCH3 is 1. The Morgan fingerprint density at radius 2 is 1.97 bits per heavy atom. The van der Waals surface area contributed by atoms with E-state index in [1.165, 1.54) is 0 Å². The molecular formula is C28H34N4O4. The van der Waals surface area contributed by atoms with Gasteiger partial charge in [-0.3, -0.25) is 14.7 Å². The molecule has 1 N–H and O–H groups in total. The minimum absolute atomic E-state index is 0.0188. The Morgan fingerprint density at radius 1 is 1.19 bits per heavy atom. The third-order valence-electron chi connectivity index (χ3n) is 6.59. The first-order valence-corrected chi connectivity index (χ1v) is 12.2. The molecule has 0 bridgehead atoms. The number of benzene rings is 1. The summed E-state index contributed by atoms with van der Waals surface area (Å²) < 4.78 is 11.7. The zero-order chi connectivity index (χ0) is 25.7. The van der Waals surface area contributed by atoms with Crippen molar-refractivity contribution in [2.45, 2.75) is 32.5 Å². The number of ether oxygens (including phenoxy) is 2. The number of hydrogen-bond donors (Lipinski definition) is 1. The highest BCUT2D eigenvalue weighted by atomic mass is 16.5. The topological polar surface area (TPSA) is 88.0 Å². The van der Waals surface area contributed by atoms with Gasteiger partial charge in [0.05, 0.1) is 25.5 Å². The van der Waals surface area contributed by atoms with Gasteiger partial charge in [0.2, 0.25) is 5.88 Å². The van der Waals surface area contributed by atoms with E-state index in [9.17, 15) is 9.90 Å². The standard InChI is InChI=1S/C28H34N4O4/c1-19-15-32(20(2)18-33)28(34)25-13-22(21-8-10-24(35-4)11-9-21)14-30-27(25)36-26(19)17-31(3)16-23-7-5-6-12-29-23/h5-14,19-20,26,33H,15-18H2,1-4H3/t19-,20+,26-/m0/s1. The van der Waals surface area contributed by atoms with Crippen LogP contribution in [-0.4, -0.2) is 76.8 Å². The molecule has 3 heterocycles. The van der Waals surface area contributed by atoms with E-state index in [4.69, 9.17) is 9.47 Å². The fraction of sp³-hybridized carbons (Fsp3) is 0.393. The number of likely N-dealkylation sites (N-methyl/N-ethyl adjacent to an activating group) is 1. The number of pyridine rings is 2. The molecular weight excluding hydrogens is 456 g/mol. The van der Waals surface area contributed by atoms with Crippen LogP contribution in [0.15, 0.2) is 60.9 Å². The van der Waals surface area contributed by atoms with Crippen LogP contribution in [0, 0.1) is 5.92 Å². The molecule has 8 heteroatoms. The third-order valence-corrected chi connectivity index (χ3v) is 6.59. The summed E-state index contributed by atoms with van der Waals surface area (Å²) in [4.78, 5) is 26.6. The number of carbonyl (C=O) groups is 1. The van der Waals surface area contributed by atoms with Crippen molar-refractivity contribution in [1.29, 1.82) is 0 Å². The van der Waals surface area contributed by atoms with Crippen LogP contribution in [0.3, 0.4) is 0 Å². The quantitative estimate of drug-likeness (QED) is 0.517. The zero-order valence-electron chi connectivity index (χ0n) is 21.3. The second-order valence-corrected chi connectivity index (χ2v) is 9.45. The van der Waals surface area contributed by atoms with Crippen molar-refractivity contribution in [1.82, 2.24) is 19.8 Å². The lowest BCUT2D eigenvalue weighted by molar-refractivity contribution is 0.0324. The van der Waals surface area contributed by atoms with Gasteiger partial charge in [0, 0.05) is 43.5 Å². The summed E-state index contributed by atoms with van der Waals surface area (Å²) >= 11 is 0. The minimum atomic E-state index is -0.331. The van der Waals surface area contributed by atoms with Crippen molar-refractivity contribution in [3.8, 4) is 22.8 Å². The molecule has 8 nitrogen and oxygen atoms in total. The molecule has 0 spiro atoms. The van der Waals surface area contributed by atoms with Gasteiger partial charge in [-0.25, -0.2) is 4.98 Å². The number of amides is 1. The normalized spacial score (nSPS) is 18.7. The number of aliphatic hydroxyl groups excluding tert-OH is 1. The Bertz CT molecular complexity index is 1160. The highest BCUT2D eigenvalue weighted by Gasteiger charge is 2.34. The van der Waals surface area contributed by atoms with E-state index in [0.717, 1.165) is 22.6 Å². The van der Waals surface area contributed by atoms with E-state index in [0.29, 0.717) is 31.1 Å². The average Bonchev–Trinajstić information content (AvgIpc) is 2.90. The molecule has 1 aliphatic heterocycles. The first kappa shape index (κ1) is 25.6. The molecule has 0 aliphatic carbocycles. The molecule has 1 aliphatic rings. The van der Waals surface area contributed by atoms with E-state index < -0.39 is 0 Å². The molecule has 1 amide bonds. The molecule has 0 fully saturated rings. The van der Waals surface area contributed by atoms with E-state index >= 15 is 0 Å². The van der Waals surface area contributed by atoms with Crippen LogP contribution in [0.25, 0.3) is 11.1 Å². The van der Waals surface area contributed by atoms with E-state index in [1.54, 1.807) is 24.4 Å². The van der Waals surface area contributed by atoms with Gasteiger partial charge in [-0.1, -0.05) is 25.1 Å². The number of hydrogen-bond acceptors (Lipinski definition) is 7. The second-order valence-electron chi connectivity index (χ2n) is 9.45. The van der Waals surface area contributed by atoms with Crippen LogP contribution >= 0.6 is 0 Å². The summed E-state index contributed by atoms with van der Waals surface area (Å²) in [5.74, 6) is 0.897. The molecule has 3 aromatic rings. The van der Waals surface area contributed by atoms with E-state index in [-0.39, 0.29) is 30.6 Å². The van der Waals surface area contributed by atoms with Gasteiger partial charge in [-0.05, 0) is 49.9 Å². The maximum absolute atomic E-state index is 13.6. The predicted octanol–water partition coefficient (Wildman–Crippen LogP) is 3.50. The van der Waals surface area contributed by atoms with Crippen LogP contribution in [0.4, 0.5) is 0 Å². The third kappa shape index (κ3) is 5.83. The monoisotopic (exact) mass is 490 g/mol. The number of fused-ring (bicyclic) bond motifs is 1. The SMILES string of the molecule is COc1ccc(-c2cnc3c(c2)C(=O)N([C@H](C)CO)C[C@H](C)[C@H](CN(C)Cc2ccccn2)O3)cc1. The highest BCUT2D eigenvalue weighted by Crippen LogP contribution is 2.31. The number of nitrogens with zero attached hydrogens (tertiary/aromatic N) is 4. The maximum atomic E-state index is 13.6. The van der Waals surface area contributed by atoms with Crippen molar-refractivity contribution in [3.63, 3.8) is 0 Å². The van der Waals surface area contributed by atoms with Gasteiger partial charge in [-0.15, -0.1) is 0 Å². The lowest BCUT2D eigenvalue weighted by atomic mass is 9.99.